The Labute approximate surface area is 117 Å². The zero-order valence-electron chi connectivity index (χ0n) is 12.5. The predicted octanol–water partition coefficient (Wildman–Crippen LogP) is 3.92. The van der Waals surface area contributed by atoms with Crippen LogP contribution in [0.3, 0.4) is 0 Å². The third kappa shape index (κ3) is 3.85. The third-order valence-corrected chi connectivity index (χ3v) is 4.11. The Balaban J connectivity index is 2.03. The first kappa shape index (κ1) is 14.2. The van der Waals surface area contributed by atoms with Crippen LogP contribution in [0.5, 0.6) is 0 Å². The lowest BCUT2D eigenvalue weighted by Gasteiger charge is -2.35. The monoisotopic (exact) mass is 261 g/mol. The maximum absolute atomic E-state index is 4.73. The van der Waals surface area contributed by atoms with Gasteiger partial charge in [0.1, 0.15) is 11.6 Å². The van der Waals surface area contributed by atoms with E-state index in [4.69, 9.17) is 4.98 Å². The van der Waals surface area contributed by atoms with Gasteiger partial charge in [-0.05, 0) is 37.3 Å². The fourth-order valence-corrected chi connectivity index (χ4v) is 2.91. The van der Waals surface area contributed by atoms with E-state index < -0.39 is 0 Å². The minimum absolute atomic E-state index is 0.651. The molecule has 0 spiro atoms. The van der Waals surface area contributed by atoms with Gasteiger partial charge < -0.3 is 10.2 Å². The fraction of sp³-hybridized carbons (Fsp3) is 0.688. The van der Waals surface area contributed by atoms with Gasteiger partial charge in [-0.25, -0.2) is 4.98 Å². The SMILES string of the molecule is CCCNc1cccc(N(C)C2CCCC(C)C2)n1. The van der Waals surface area contributed by atoms with Crippen molar-refractivity contribution in [3.05, 3.63) is 18.2 Å². The summed E-state index contributed by atoms with van der Waals surface area (Å²) in [5.41, 5.74) is 0. The van der Waals surface area contributed by atoms with Crippen LogP contribution in [0.4, 0.5) is 11.6 Å². The van der Waals surface area contributed by atoms with E-state index >= 15 is 0 Å². The van der Waals surface area contributed by atoms with Gasteiger partial charge in [-0.1, -0.05) is 32.8 Å². The van der Waals surface area contributed by atoms with Crippen molar-refractivity contribution >= 4 is 11.6 Å². The second-order valence-electron chi connectivity index (χ2n) is 5.84. The summed E-state index contributed by atoms with van der Waals surface area (Å²) < 4.78 is 0. The molecule has 2 atom stereocenters. The quantitative estimate of drug-likeness (QED) is 0.870. The van der Waals surface area contributed by atoms with Crippen molar-refractivity contribution < 1.29 is 0 Å². The molecule has 0 radical (unpaired) electrons. The lowest BCUT2D eigenvalue weighted by Crippen LogP contribution is -2.36. The molecule has 1 aliphatic carbocycles. The molecule has 1 heterocycles. The molecule has 1 saturated carbocycles. The zero-order valence-corrected chi connectivity index (χ0v) is 12.5. The second kappa shape index (κ2) is 6.78. The van der Waals surface area contributed by atoms with Crippen LogP contribution in [0.1, 0.15) is 46.0 Å². The van der Waals surface area contributed by atoms with E-state index in [9.17, 15) is 0 Å². The van der Waals surface area contributed by atoms with Crippen LogP contribution in [-0.4, -0.2) is 24.6 Å². The van der Waals surface area contributed by atoms with E-state index in [1.165, 1.54) is 25.7 Å². The summed E-state index contributed by atoms with van der Waals surface area (Å²) in [6.45, 7) is 5.53. The van der Waals surface area contributed by atoms with E-state index in [0.29, 0.717) is 6.04 Å². The van der Waals surface area contributed by atoms with Gasteiger partial charge >= 0.3 is 0 Å². The van der Waals surface area contributed by atoms with Crippen molar-refractivity contribution in [2.45, 2.75) is 52.0 Å². The number of rotatable bonds is 5. The van der Waals surface area contributed by atoms with Gasteiger partial charge in [-0.3, -0.25) is 0 Å². The van der Waals surface area contributed by atoms with Gasteiger partial charge in [0, 0.05) is 19.6 Å². The Morgan fingerprint density at radius 2 is 2.21 bits per heavy atom. The molecule has 2 rings (SSSR count). The van der Waals surface area contributed by atoms with Crippen LogP contribution >= 0.6 is 0 Å². The van der Waals surface area contributed by atoms with Gasteiger partial charge in [0.25, 0.3) is 0 Å². The summed E-state index contributed by atoms with van der Waals surface area (Å²) in [4.78, 5) is 7.09. The highest BCUT2D eigenvalue weighted by molar-refractivity contribution is 5.47. The minimum atomic E-state index is 0.651. The highest BCUT2D eigenvalue weighted by atomic mass is 15.2. The summed E-state index contributed by atoms with van der Waals surface area (Å²) in [5.74, 6) is 2.94. The van der Waals surface area contributed by atoms with Crippen LogP contribution in [0.2, 0.25) is 0 Å². The summed E-state index contributed by atoms with van der Waals surface area (Å²) in [6, 6.07) is 6.92. The fourth-order valence-electron chi connectivity index (χ4n) is 2.91. The number of nitrogens with one attached hydrogen (secondary N) is 1. The second-order valence-corrected chi connectivity index (χ2v) is 5.84. The number of aromatic nitrogens is 1. The third-order valence-electron chi connectivity index (χ3n) is 4.11. The van der Waals surface area contributed by atoms with Gasteiger partial charge in [0.05, 0.1) is 0 Å². The van der Waals surface area contributed by atoms with Gasteiger partial charge in [0.15, 0.2) is 0 Å². The molecular weight excluding hydrogens is 234 g/mol. The van der Waals surface area contributed by atoms with Crippen molar-refractivity contribution in [2.24, 2.45) is 5.92 Å². The van der Waals surface area contributed by atoms with Gasteiger partial charge in [-0.15, -0.1) is 0 Å². The first-order valence-electron chi connectivity index (χ1n) is 7.64. The molecule has 3 heteroatoms. The number of hydrogen-bond acceptors (Lipinski definition) is 3. The highest BCUT2D eigenvalue weighted by Crippen LogP contribution is 2.29. The molecule has 3 nitrogen and oxygen atoms in total. The molecule has 2 unspecified atom stereocenters. The van der Waals surface area contributed by atoms with Crippen LogP contribution in [0.15, 0.2) is 18.2 Å². The molecule has 1 N–H and O–H groups in total. The maximum atomic E-state index is 4.73. The number of nitrogens with zero attached hydrogens (tertiary/aromatic N) is 2. The van der Waals surface area contributed by atoms with E-state index in [1.54, 1.807) is 0 Å². The first-order chi connectivity index (χ1) is 9.20. The van der Waals surface area contributed by atoms with Crippen LogP contribution in [-0.2, 0) is 0 Å². The van der Waals surface area contributed by atoms with Crippen molar-refractivity contribution in [2.75, 3.05) is 23.8 Å². The van der Waals surface area contributed by atoms with Crippen molar-refractivity contribution in [1.29, 1.82) is 0 Å². The van der Waals surface area contributed by atoms with Crippen LogP contribution in [0, 0.1) is 5.92 Å². The molecule has 0 aromatic carbocycles. The van der Waals surface area contributed by atoms with E-state index in [2.05, 4.69) is 49.3 Å². The Morgan fingerprint density at radius 1 is 1.37 bits per heavy atom. The first-order valence-corrected chi connectivity index (χ1v) is 7.64. The number of pyridine rings is 1. The van der Waals surface area contributed by atoms with E-state index in [0.717, 1.165) is 30.5 Å². The molecule has 0 aliphatic heterocycles. The summed E-state index contributed by atoms with van der Waals surface area (Å²) in [7, 11) is 2.19. The predicted molar refractivity (Wildman–Crippen MR) is 82.8 cm³/mol. The lowest BCUT2D eigenvalue weighted by atomic mass is 9.86. The van der Waals surface area contributed by atoms with Gasteiger partial charge in [0.2, 0.25) is 0 Å². The Bertz CT molecular complexity index is 391. The Morgan fingerprint density at radius 3 is 2.95 bits per heavy atom. The topological polar surface area (TPSA) is 28.2 Å². The molecule has 1 fully saturated rings. The Hall–Kier alpha value is -1.25. The number of anilines is 2. The molecule has 1 aromatic rings. The molecule has 1 aromatic heterocycles. The molecular formula is C16H27N3. The summed E-state index contributed by atoms with van der Waals surface area (Å²) in [5, 5.41) is 3.36. The highest BCUT2D eigenvalue weighted by Gasteiger charge is 2.23. The summed E-state index contributed by atoms with van der Waals surface area (Å²) >= 11 is 0. The van der Waals surface area contributed by atoms with Crippen LogP contribution in [0.25, 0.3) is 0 Å². The maximum Gasteiger partial charge on any atom is 0.130 e. The van der Waals surface area contributed by atoms with Gasteiger partial charge in [-0.2, -0.15) is 0 Å². The van der Waals surface area contributed by atoms with E-state index in [1.807, 2.05) is 0 Å². The van der Waals surface area contributed by atoms with E-state index in [-0.39, 0.29) is 0 Å². The smallest absolute Gasteiger partial charge is 0.130 e. The molecule has 106 valence electrons. The standard InChI is InChI=1S/C16H27N3/c1-4-11-17-15-9-6-10-16(18-15)19(3)14-8-5-7-13(2)12-14/h6,9-10,13-14H,4-5,7-8,11-12H2,1-3H3,(H,17,18). The average molecular weight is 261 g/mol. The Kier molecular flexibility index (Phi) is 5.06. The largest absolute Gasteiger partial charge is 0.370 e. The van der Waals surface area contributed by atoms with Crippen molar-refractivity contribution in [1.82, 2.24) is 4.98 Å². The minimum Gasteiger partial charge on any atom is -0.370 e. The normalized spacial score (nSPS) is 23.1. The van der Waals surface area contributed by atoms with Crippen LogP contribution < -0.4 is 10.2 Å². The average Bonchev–Trinajstić information content (AvgIpc) is 2.44. The molecule has 0 bridgehead atoms. The van der Waals surface area contributed by atoms with Crippen molar-refractivity contribution in [3.8, 4) is 0 Å². The molecule has 0 amide bonds. The zero-order chi connectivity index (χ0) is 13.7. The van der Waals surface area contributed by atoms with Crippen molar-refractivity contribution in [3.63, 3.8) is 0 Å². The lowest BCUT2D eigenvalue weighted by molar-refractivity contribution is 0.335. The molecule has 0 saturated heterocycles. The molecule has 19 heavy (non-hydrogen) atoms. The molecule has 1 aliphatic rings. The number of hydrogen-bond donors (Lipinski definition) is 1. The summed E-state index contributed by atoms with van der Waals surface area (Å²) in [6.07, 6.45) is 6.46.